The molecule has 0 atom stereocenters. The predicted molar refractivity (Wildman–Crippen MR) is 77.2 cm³/mol. The first-order valence-corrected chi connectivity index (χ1v) is 7.38. The Morgan fingerprint density at radius 2 is 2.00 bits per heavy atom. The number of benzene rings is 1. The lowest BCUT2D eigenvalue weighted by Crippen LogP contribution is -1.98. The highest BCUT2D eigenvalue weighted by Crippen LogP contribution is 2.21. The van der Waals surface area contributed by atoms with Crippen molar-refractivity contribution in [2.24, 2.45) is 0 Å². The van der Waals surface area contributed by atoms with Gasteiger partial charge in [-0.15, -0.1) is 0 Å². The summed E-state index contributed by atoms with van der Waals surface area (Å²) in [7, 11) is 1.68. The van der Waals surface area contributed by atoms with Crippen LogP contribution in [0.1, 0.15) is 6.42 Å². The zero-order valence-corrected chi connectivity index (χ0v) is 11.6. The number of aryl methyl sites for hydroxylation is 1. The molecule has 0 unspecified atom stereocenters. The lowest BCUT2D eigenvalue weighted by molar-refractivity contribution is 0.415. The highest BCUT2D eigenvalue weighted by Gasteiger charge is 2.02. The fourth-order valence-electron chi connectivity index (χ4n) is 1.79. The van der Waals surface area contributed by atoms with Gasteiger partial charge in [0.15, 0.2) is 0 Å². The number of aromatic nitrogens is 2. The second-order valence-electron chi connectivity index (χ2n) is 4.07. The molecular formula is C14H18N2OS. The first-order chi connectivity index (χ1) is 8.83. The molecule has 0 aliphatic heterocycles. The Kier molecular flexibility index (Phi) is 4.70. The molecule has 0 aliphatic carbocycles. The molecule has 4 heteroatoms. The second kappa shape index (κ2) is 6.50. The molecule has 0 radical (unpaired) electrons. The fraction of sp³-hybridized carbons (Fsp3) is 0.357. The highest BCUT2D eigenvalue weighted by atomic mass is 32.2. The van der Waals surface area contributed by atoms with Gasteiger partial charge in [0, 0.05) is 18.3 Å². The molecule has 1 heterocycles. The summed E-state index contributed by atoms with van der Waals surface area (Å²) >= 11 is 1.87. The van der Waals surface area contributed by atoms with Crippen LogP contribution in [-0.4, -0.2) is 28.9 Å². The maximum absolute atomic E-state index is 5.15. The first-order valence-electron chi connectivity index (χ1n) is 5.99. The molecule has 0 bridgehead atoms. The van der Waals surface area contributed by atoms with E-state index in [1.165, 1.54) is 11.3 Å². The molecule has 96 valence electrons. The van der Waals surface area contributed by atoms with Crippen LogP contribution in [0.25, 0.3) is 11.1 Å². The maximum atomic E-state index is 5.15. The van der Waals surface area contributed by atoms with Gasteiger partial charge in [-0.05, 0) is 36.1 Å². The molecule has 1 aromatic carbocycles. The van der Waals surface area contributed by atoms with Crippen molar-refractivity contribution in [2.75, 3.05) is 19.1 Å². The maximum Gasteiger partial charge on any atom is 0.118 e. The molecule has 3 nitrogen and oxygen atoms in total. The minimum atomic E-state index is 0.881. The lowest BCUT2D eigenvalue weighted by atomic mass is 10.1. The van der Waals surface area contributed by atoms with Crippen LogP contribution in [0.5, 0.6) is 5.75 Å². The number of ether oxygens (including phenoxy) is 1. The Balaban J connectivity index is 2.04. The summed E-state index contributed by atoms with van der Waals surface area (Å²) in [5.41, 5.74) is 2.33. The van der Waals surface area contributed by atoms with E-state index in [0.29, 0.717) is 0 Å². The average Bonchev–Trinajstić information content (AvgIpc) is 2.88. The van der Waals surface area contributed by atoms with Gasteiger partial charge in [0.25, 0.3) is 0 Å². The van der Waals surface area contributed by atoms with Crippen LogP contribution in [-0.2, 0) is 6.54 Å². The van der Waals surface area contributed by atoms with Crippen LogP contribution in [0.15, 0.2) is 36.7 Å². The van der Waals surface area contributed by atoms with E-state index in [9.17, 15) is 0 Å². The van der Waals surface area contributed by atoms with Gasteiger partial charge in [-0.2, -0.15) is 16.9 Å². The molecule has 0 fully saturated rings. The topological polar surface area (TPSA) is 27.1 Å². The Hall–Kier alpha value is -1.42. The molecule has 2 aromatic rings. The molecule has 0 spiro atoms. The zero-order valence-electron chi connectivity index (χ0n) is 10.8. The Morgan fingerprint density at radius 3 is 2.67 bits per heavy atom. The number of hydrogen-bond acceptors (Lipinski definition) is 3. The SMILES string of the molecule is COc1ccc(-c2cnn(CCCSC)c2)cc1. The molecule has 18 heavy (non-hydrogen) atoms. The van der Waals surface area contributed by atoms with Crippen LogP contribution in [0.4, 0.5) is 0 Å². The quantitative estimate of drug-likeness (QED) is 0.747. The van der Waals surface area contributed by atoms with Crippen LogP contribution in [0, 0.1) is 0 Å². The van der Waals surface area contributed by atoms with Gasteiger partial charge in [-0.1, -0.05) is 12.1 Å². The molecular weight excluding hydrogens is 244 g/mol. The van der Waals surface area contributed by atoms with Crippen molar-refractivity contribution in [1.29, 1.82) is 0 Å². The molecule has 1 aromatic heterocycles. The van der Waals surface area contributed by atoms with E-state index in [1.54, 1.807) is 7.11 Å². The summed E-state index contributed by atoms with van der Waals surface area (Å²) in [6.07, 6.45) is 7.31. The Bertz CT molecular complexity index is 479. The monoisotopic (exact) mass is 262 g/mol. The van der Waals surface area contributed by atoms with Crippen molar-refractivity contribution in [3.05, 3.63) is 36.7 Å². The van der Waals surface area contributed by atoms with Crippen LogP contribution < -0.4 is 4.74 Å². The van der Waals surface area contributed by atoms with E-state index in [-0.39, 0.29) is 0 Å². The van der Waals surface area contributed by atoms with Crippen molar-refractivity contribution >= 4 is 11.8 Å². The van der Waals surface area contributed by atoms with Crippen LogP contribution in [0.3, 0.4) is 0 Å². The number of nitrogens with zero attached hydrogens (tertiary/aromatic N) is 2. The van der Waals surface area contributed by atoms with Gasteiger partial charge in [0.1, 0.15) is 5.75 Å². The third-order valence-corrected chi connectivity index (χ3v) is 3.49. The largest absolute Gasteiger partial charge is 0.497 e. The van der Waals surface area contributed by atoms with Gasteiger partial charge >= 0.3 is 0 Å². The summed E-state index contributed by atoms with van der Waals surface area (Å²) in [6.45, 7) is 0.983. The predicted octanol–water partition coefficient (Wildman–Crippen LogP) is 3.31. The van der Waals surface area contributed by atoms with E-state index in [1.807, 2.05) is 34.8 Å². The third kappa shape index (κ3) is 3.29. The molecule has 0 aliphatic rings. The lowest BCUT2D eigenvalue weighted by Gasteiger charge is -2.01. The molecule has 0 N–H and O–H groups in total. The van der Waals surface area contributed by atoms with Crippen molar-refractivity contribution in [2.45, 2.75) is 13.0 Å². The van der Waals surface area contributed by atoms with E-state index in [0.717, 1.165) is 24.3 Å². The summed E-state index contributed by atoms with van der Waals surface area (Å²) in [6, 6.07) is 8.06. The highest BCUT2D eigenvalue weighted by molar-refractivity contribution is 7.98. The molecule has 0 amide bonds. The van der Waals surface area contributed by atoms with Gasteiger partial charge in [0.05, 0.1) is 13.3 Å². The van der Waals surface area contributed by atoms with Crippen molar-refractivity contribution in [3.8, 4) is 16.9 Å². The third-order valence-electron chi connectivity index (χ3n) is 2.79. The van der Waals surface area contributed by atoms with E-state index >= 15 is 0 Å². The van der Waals surface area contributed by atoms with Crippen molar-refractivity contribution in [3.63, 3.8) is 0 Å². The summed E-state index contributed by atoms with van der Waals surface area (Å²) in [5.74, 6) is 2.06. The number of hydrogen-bond donors (Lipinski definition) is 0. The summed E-state index contributed by atoms with van der Waals surface area (Å²) < 4.78 is 7.16. The fourth-order valence-corrected chi connectivity index (χ4v) is 2.21. The van der Waals surface area contributed by atoms with Crippen LogP contribution >= 0.6 is 11.8 Å². The first kappa shape index (κ1) is 13.0. The van der Waals surface area contributed by atoms with Gasteiger partial charge in [0.2, 0.25) is 0 Å². The van der Waals surface area contributed by atoms with Crippen molar-refractivity contribution in [1.82, 2.24) is 9.78 Å². The van der Waals surface area contributed by atoms with Crippen molar-refractivity contribution < 1.29 is 4.74 Å². The van der Waals surface area contributed by atoms with Crippen LogP contribution in [0.2, 0.25) is 0 Å². The summed E-state index contributed by atoms with van der Waals surface area (Å²) in [4.78, 5) is 0. The van der Waals surface area contributed by atoms with Gasteiger partial charge < -0.3 is 4.74 Å². The normalized spacial score (nSPS) is 10.6. The van der Waals surface area contributed by atoms with Gasteiger partial charge in [-0.25, -0.2) is 0 Å². The summed E-state index contributed by atoms with van der Waals surface area (Å²) in [5, 5.41) is 4.38. The minimum absolute atomic E-state index is 0.881. The van der Waals surface area contributed by atoms with E-state index in [2.05, 4.69) is 29.7 Å². The number of thioether (sulfide) groups is 1. The second-order valence-corrected chi connectivity index (χ2v) is 5.05. The number of methoxy groups -OCH3 is 1. The van der Waals surface area contributed by atoms with Gasteiger partial charge in [-0.3, -0.25) is 4.68 Å². The molecule has 0 saturated heterocycles. The number of rotatable bonds is 6. The van der Waals surface area contributed by atoms with E-state index in [4.69, 9.17) is 4.74 Å². The Morgan fingerprint density at radius 1 is 1.22 bits per heavy atom. The smallest absolute Gasteiger partial charge is 0.118 e. The zero-order chi connectivity index (χ0) is 12.8. The molecule has 2 rings (SSSR count). The minimum Gasteiger partial charge on any atom is -0.497 e. The standard InChI is InChI=1S/C14H18N2OS/c1-17-14-6-4-12(5-7-14)13-10-15-16(11-13)8-3-9-18-2/h4-7,10-11H,3,8-9H2,1-2H3. The van der Waals surface area contributed by atoms with E-state index < -0.39 is 0 Å². The molecule has 0 saturated carbocycles. The average molecular weight is 262 g/mol. The Labute approximate surface area is 112 Å².